The van der Waals surface area contributed by atoms with Gasteiger partial charge >= 0.3 is 5.97 Å². The molecule has 0 N–H and O–H groups in total. The van der Waals surface area contributed by atoms with Gasteiger partial charge in [0.25, 0.3) is 0 Å². The number of esters is 1. The monoisotopic (exact) mass is 302 g/mol. The van der Waals surface area contributed by atoms with Crippen molar-refractivity contribution < 1.29 is 14.3 Å². The first-order valence-electron chi connectivity index (χ1n) is 7.89. The Kier molecular flexibility index (Phi) is 4.46. The van der Waals surface area contributed by atoms with Crippen molar-refractivity contribution in [3.8, 4) is 0 Å². The highest BCUT2D eigenvalue weighted by Gasteiger charge is 2.61. The Morgan fingerprint density at radius 2 is 2.05 bits per heavy atom. The molecule has 0 saturated heterocycles. The van der Waals surface area contributed by atoms with Crippen molar-refractivity contribution in [3.05, 3.63) is 35.5 Å². The predicted molar refractivity (Wildman–Crippen MR) is 87.2 cm³/mol. The van der Waals surface area contributed by atoms with E-state index in [1.54, 1.807) is 6.08 Å². The Labute approximate surface area is 133 Å². The number of hydrogen-bond donors (Lipinski definition) is 0. The van der Waals surface area contributed by atoms with Gasteiger partial charge in [0, 0.05) is 5.57 Å². The number of ketones is 1. The van der Waals surface area contributed by atoms with E-state index >= 15 is 0 Å². The van der Waals surface area contributed by atoms with Gasteiger partial charge in [-0.3, -0.25) is 9.59 Å². The highest BCUT2D eigenvalue weighted by atomic mass is 16.5. The van der Waals surface area contributed by atoms with E-state index in [1.165, 1.54) is 5.57 Å². The van der Waals surface area contributed by atoms with Crippen LogP contribution in [0.3, 0.4) is 0 Å². The van der Waals surface area contributed by atoms with Crippen molar-refractivity contribution in [2.45, 2.75) is 53.6 Å². The second-order valence-corrected chi connectivity index (χ2v) is 7.28. The van der Waals surface area contributed by atoms with Gasteiger partial charge < -0.3 is 4.74 Å². The van der Waals surface area contributed by atoms with Crippen LogP contribution in [0.25, 0.3) is 0 Å². The standard InChI is InChI=1S/C19H26O3/c1-7-8-13-12(4)16(10-15(13)20)22-18(21)17-14(9-11(2)3)19(17,5)6/h7,9,14,16-17H,1,8,10H2,2-6H3/t14-,16+,17+/m0/s1. The lowest BCUT2D eigenvalue weighted by atomic mass is 10.1. The third-order valence-corrected chi connectivity index (χ3v) is 4.95. The molecule has 3 atom stereocenters. The van der Waals surface area contributed by atoms with Gasteiger partial charge in [-0.25, -0.2) is 0 Å². The van der Waals surface area contributed by atoms with E-state index in [9.17, 15) is 9.59 Å². The lowest BCUT2D eigenvalue weighted by Gasteiger charge is -2.13. The molecule has 22 heavy (non-hydrogen) atoms. The van der Waals surface area contributed by atoms with Gasteiger partial charge in [0.2, 0.25) is 0 Å². The molecule has 0 amide bonds. The summed E-state index contributed by atoms with van der Waals surface area (Å²) in [7, 11) is 0. The third-order valence-electron chi connectivity index (χ3n) is 4.95. The van der Waals surface area contributed by atoms with E-state index in [0.29, 0.717) is 6.42 Å². The average molecular weight is 302 g/mol. The van der Waals surface area contributed by atoms with E-state index in [1.807, 2.05) is 20.8 Å². The van der Waals surface area contributed by atoms with Gasteiger partial charge in [-0.2, -0.15) is 0 Å². The molecule has 2 aliphatic rings. The van der Waals surface area contributed by atoms with Crippen molar-refractivity contribution in [2.24, 2.45) is 17.3 Å². The van der Waals surface area contributed by atoms with Gasteiger partial charge in [-0.15, -0.1) is 6.58 Å². The summed E-state index contributed by atoms with van der Waals surface area (Å²) in [5.74, 6) is 0.0309. The molecule has 120 valence electrons. The Morgan fingerprint density at radius 3 is 2.59 bits per heavy atom. The summed E-state index contributed by atoms with van der Waals surface area (Å²) in [6.07, 6.45) is 4.31. The largest absolute Gasteiger partial charge is 0.457 e. The number of ether oxygens (including phenoxy) is 1. The summed E-state index contributed by atoms with van der Waals surface area (Å²) in [4.78, 5) is 24.5. The minimum absolute atomic E-state index is 0.0570. The highest BCUT2D eigenvalue weighted by Crippen LogP contribution is 2.60. The number of carbonyl (C=O) groups is 2. The van der Waals surface area contributed by atoms with Crippen molar-refractivity contribution in [3.63, 3.8) is 0 Å². The molecule has 2 rings (SSSR count). The molecule has 1 saturated carbocycles. The molecular weight excluding hydrogens is 276 g/mol. The van der Waals surface area contributed by atoms with Gasteiger partial charge in [-0.1, -0.05) is 31.6 Å². The molecule has 0 heterocycles. The van der Waals surface area contributed by atoms with Crippen LogP contribution in [-0.2, 0) is 14.3 Å². The Balaban J connectivity index is 2.07. The molecule has 3 nitrogen and oxygen atoms in total. The summed E-state index contributed by atoms with van der Waals surface area (Å²) < 4.78 is 5.66. The topological polar surface area (TPSA) is 43.4 Å². The molecule has 0 aromatic rings. The highest BCUT2D eigenvalue weighted by molar-refractivity contribution is 6.00. The number of carbonyl (C=O) groups excluding carboxylic acids is 2. The molecule has 3 heteroatoms. The van der Waals surface area contributed by atoms with Crippen molar-refractivity contribution >= 4 is 11.8 Å². The van der Waals surface area contributed by atoms with Crippen LogP contribution in [0.15, 0.2) is 35.5 Å². The van der Waals surface area contributed by atoms with Crippen LogP contribution < -0.4 is 0 Å². The number of hydrogen-bond acceptors (Lipinski definition) is 3. The molecule has 0 aromatic carbocycles. The van der Waals surface area contributed by atoms with E-state index in [4.69, 9.17) is 4.74 Å². The fourth-order valence-electron chi connectivity index (χ4n) is 3.42. The van der Waals surface area contributed by atoms with Crippen LogP contribution in [0.2, 0.25) is 0 Å². The summed E-state index contributed by atoms with van der Waals surface area (Å²) in [6.45, 7) is 13.8. The molecular formula is C19H26O3. The Hall–Kier alpha value is -1.64. The van der Waals surface area contributed by atoms with Crippen molar-refractivity contribution in [1.29, 1.82) is 0 Å². The van der Waals surface area contributed by atoms with Crippen LogP contribution in [0, 0.1) is 17.3 Å². The second kappa shape index (κ2) is 5.86. The van der Waals surface area contributed by atoms with Crippen molar-refractivity contribution in [2.75, 3.05) is 0 Å². The fraction of sp³-hybridized carbons (Fsp3) is 0.579. The quantitative estimate of drug-likeness (QED) is 0.569. The van der Waals surface area contributed by atoms with E-state index in [-0.39, 0.29) is 35.4 Å². The molecule has 0 unspecified atom stereocenters. The molecule has 0 aliphatic heterocycles. The number of Topliss-reactive ketones (excluding diaryl/α,β-unsaturated/α-hetero) is 1. The van der Waals surface area contributed by atoms with Crippen molar-refractivity contribution in [1.82, 2.24) is 0 Å². The molecule has 0 bridgehead atoms. The smallest absolute Gasteiger partial charge is 0.310 e. The third kappa shape index (κ3) is 2.94. The lowest BCUT2D eigenvalue weighted by molar-refractivity contribution is -0.150. The summed E-state index contributed by atoms with van der Waals surface area (Å²) in [6, 6.07) is 0. The first-order chi connectivity index (χ1) is 10.2. The zero-order valence-electron chi connectivity index (χ0n) is 14.2. The molecule has 2 aliphatic carbocycles. The molecule has 0 aromatic heterocycles. The van der Waals surface area contributed by atoms with Gasteiger partial charge in [0.1, 0.15) is 6.10 Å². The number of rotatable bonds is 5. The Bertz CT molecular complexity index is 573. The van der Waals surface area contributed by atoms with Crippen LogP contribution >= 0.6 is 0 Å². The van der Waals surface area contributed by atoms with E-state index in [0.717, 1.165) is 11.1 Å². The normalized spacial score (nSPS) is 29.3. The Morgan fingerprint density at radius 1 is 1.41 bits per heavy atom. The molecule has 0 spiro atoms. The van der Waals surface area contributed by atoms with Gasteiger partial charge in [0.05, 0.1) is 12.3 Å². The maximum absolute atomic E-state index is 12.5. The van der Waals surface area contributed by atoms with E-state index < -0.39 is 6.10 Å². The van der Waals surface area contributed by atoms with Crippen LogP contribution in [0.4, 0.5) is 0 Å². The van der Waals surface area contributed by atoms with Gasteiger partial charge in [-0.05, 0) is 44.1 Å². The minimum atomic E-state index is -0.390. The molecule has 1 fully saturated rings. The van der Waals surface area contributed by atoms with Crippen LogP contribution in [0.5, 0.6) is 0 Å². The summed E-state index contributed by atoms with van der Waals surface area (Å²) in [5.41, 5.74) is 2.80. The lowest BCUT2D eigenvalue weighted by Crippen LogP contribution is -2.20. The summed E-state index contributed by atoms with van der Waals surface area (Å²) in [5, 5.41) is 0. The predicted octanol–water partition coefficient (Wildman–Crippen LogP) is 4.00. The fourth-order valence-corrected chi connectivity index (χ4v) is 3.42. The number of allylic oxidation sites excluding steroid dienone is 4. The zero-order chi connectivity index (χ0) is 16.7. The minimum Gasteiger partial charge on any atom is -0.457 e. The first-order valence-corrected chi connectivity index (χ1v) is 7.89. The van der Waals surface area contributed by atoms with Gasteiger partial charge in [0.15, 0.2) is 5.78 Å². The van der Waals surface area contributed by atoms with Crippen LogP contribution in [-0.4, -0.2) is 17.9 Å². The SMILES string of the molecule is C=CCC1=C(C)[C@H](OC(=O)[C@H]2[C@H](C=C(C)C)C2(C)C)CC1=O. The zero-order valence-corrected chi connectivity index (χ0v) is 14.2. The van der Waals surface area contributed by atoms with E-state index in [2.05, 4.69) is 26.5 Å². The second-order valence-electron chi connectivity index (χ2n) is 7.28. The maximum atomic E-state index is 12.5. The molecule has 0 radical (unpaired) electrons. The van der Waals surface area contributed by atoms with Crippen LogP contribution in [0.1, 0.15) is 47.5 Å². The summed E-state index contributed by atoms with van der Waals surface area (Å²) >= 11 is 0. The first kappa shape index (κ1) is 16.7. The average Bonchev–Trinajstić information content (AvgIpc) is 2.83. The maximum Gasteiger partial charge on any atom is 0.310 e.